The summed E-state index contributed by atoms with van der Waals surface area (Å²) in [6.45, 7) is 0. The maximum absolute atomic E-state index is 13.1. The van der Waals surface area contributed by atoms with E-state index in [4.69, 9.17) is 8.83 Å². The lowest BCUT2D eigenvalue weighted by Gasteiger charge is -2.04. The largest absolute Gasteiger partial charge is 0.422 e. The normalized spacial score (nSPS) is 12.1. The zero-order valence-corrected chi connectivity index (χ0v) is 23.5. The van der Waals surface area contributed by atoms with Crippen molar-refractivity contribution in [2.75, 3.05) is 0 Å². The minimum absolute atomic E-state index is 0.342. The van der Waals surface area contributed by atoms with Gasteiger partial charge in [-0.1, -0.05) is 60.7 Å². The van der Waals surface area contributed by atoms with Gasteiger partial charge in [0.2, 0.25) is 0 Å². The lowest BCUT2D eigenvalue weighted by Crippen LogP contribution is -2.01. The quantitative estimate of drug-likeness (QED) is 0.150. The van der Waals surface area contributed by atoms with Crippen LogP contribution in [0.5, 0.6) is 0 Å². The van der Waals surface area contributed by atoms with Crippen molar-refractivity contribution in [1.29, 1.82) is 0 Å². The molecule has 41 heavy (non-hydrogen) atoms. The highest BCUT2D eigenvalue weighted by atomic mass is 32.1. The summed E-state index contributed by atoms with van der Waals surface area (Å²) in [5.74, 6) is 0. The Balaban J connectivity index is 1.21. The molecule has 0 unspecified atom stereocenters. The van der Waals surface area contributed by atoms with Crippen LogP contribution in [0.1, 0.15) is 0 Å². The molecule has 0 bridgehead atoms. The topological polar surface area (TPSA) is 60.4 Å². The molecule has 9 rings (SSSR count). The van der Waals surface area contributed by atoms with Crippen LogP contribution >= 0.6 is 34.0 Å². The van der Waals surface area contributed by atoms with Crippen LogP contribution in [0.3, 0.4) is 0 Å². The van der Waals surface area contributed by atoms with Crippen molar-refractivity contribution in [2.24, 2.45) is 0 Å². The fourth-order valence-corrected chi connectivity index (χ4v) is 9.72. The summed E-state index contributed by atoms with van der Waals surface area (Å²) in [5, 5.41) is 6.17. The highest BCUT2D eigenvalue weighted by molar-refractivity contribution is 7.40. The third-order valence-electron chi connectivity index (χ3n) is 7.64. The van der Waals surface area contributed by atoms with Gasteiger partial charge in [0.05, 0.1) is 20.5 Å². The van der Waals surface area contributed by atoms with Crippen LogP contribution in [0.4, 0.5) is 0 Å². The van der Waals surface area contributed by atoms with Gasteiger partial charge < -0.3 is 8.83 Å². The first-order valence-corrected chi connectivity index (χ1v) is 15.4. The molecule has 5 aromatic heterocycles. The lowest BCUT2D eigenvalue weighted by molar-refractivity contribution is 0.564. The van der Waals surface area contributed by atoms with Crippen molar-refractivity contribution >= 4 is 96.3 Å². The second kappa shape index (κ2) is 8.47. The van der Waals surface area contributed by atoms with Gasteiger partial charge in [0.25, 0.3) is 0 Å². The second-order valence-corrected chi connectivity index (χ2v) is 13.2. The maximum atomic E-state index is 13.1. The smallest absolute Gasteiger partial charge is 0.345 e. The van der Waals surface area contributed by atoms with E-state index in [1.165, 1.54) is 0 Å². The summed E-state index contributed by atoms with van der Waals surface area (Å²) in [6.07, 6.45) is 0. The first kappa shape index (κ1) is 23.2. The van der Waals surface area contributed by atoms with E-state index < -0.39 is 0 Å². The van der Waals surface area contributed by atoms with Gasteiger partial charge >= 0.3 is 11.3 Å². The molecule has 0 saturated carbocycles. The predicted molar refractivity (Wildman–Crippen MR) is 173 cm³/mol. The lowest BCUT2D eigenvalue weighted by atomic mass is 10.0. The molecule has 5 heterocycles. The van der Waals surface area contributed by atoms with Crippen molar-refractivity contribution < 1.29 is 8.83 Å². The summed E-state index contributed by atoms with van der Waals surface area (Å²) in [5.41, 5.74) is 1.62. The van der Waals surface area contributed by atoms with E-state index in [1.54, 1.807) is 34.0 Å². The Morgan fingerprint density at radius 2 is 0.927 bits per heavy atom. The van der Waals surface area contributed by atoms with Crippen molar-refractivity contribution in [3.63, 3.8) is 0 Å². The summed E-state index contributed by atoms with van der Waals surface area (Å²) >= 11 is 4.85. The molecule has 4 nitrogen and oxygen atoms in total. The highest BCUT2D eigenvalue weighted by Gasteiger charge is 2.19. The van der Waals surface area contributed by atoms with E-state index in [0.29, 0.717) is 22.3 Å². The van der Waals surface area contributed by atoms with Crippen molar-refractivity contribution in [3.8, 4) is 20.9 Å². The minimum atomic E-state index is -0.342. The molecule has 0 N–H and O–H groups in total. The molecule has 7 heteroatoms. The standard InChI is InChI=1S/C34H16O4S3/c35-33-23(13-21-19-7-3-1-5-17(19)9-11-25(21)37-33)27-15-29-31(40-27)32-30(39-29)16-28(41-32)24-14-22-20-8-4-2-6-18(20)10-12-26(22)38-34(24)36/h1-16H. The summed E-state index contributed by atoms with van der Waals surface area (Å²) in [7, 11) is 0. The van der Waals surface area contributed by atoms with Gasteiger partial charge in [0.15, 0.2) is 0 Å². The molecular weight excluding hydrogens is 569 g/mol. The molecule has 0 radical (unpaired) electrons. The Hall–Kier alpha value is -4.56. The second-order valence-electron chi connectivity index (χ2n) is 10.0. The number of thiophene rings is 3. The number of rotatable bonds is 2. The van der Waals surface area contributed by atoms with Crippen molar-refractivity contribution in [2.45, 2.75) is 0 Å². The van der Waals surface area contributed by atoms with Gasteiger partial charge in [-0.3, -0.25) is 0 Å². The van der Waals surface area contributed by atoms with Crippen LogP contribution in [0, 0.1) is 0 Å². The van der Waals surface area contributed by atoms with Crippen LogP contribution in [0.25, 0.3) is 83.2 Å². The van der Waals surface area contributed by atoms with E-state index in [9.17, 15) is 9.59 Å². The summed E-state index contributed by atoms with van der Waals surface area (Å²) in [4.78, 5) is 27.9. The third-order valence-corrected chi connectivity index (χ3v) is 11.5. The molecule has 9 aromatic rings. The molecule has 0 aliphatic rings. The molecule has 0 aliphatic carbocycles. The zero-order chi connectivity index (χ0) is 27.2. The minimum Gasteiger partial charge on any atom is -0.422 e. The SMILES string of the molecule is O=c1oc2ccc3ccccc3c2cc1-c1cc2sc3cc(-c4cc5c(ccc6ccccc65)oc4=O)sc3c2s1. The Morgan fingerprint density at radius 3 is 1.41 bits per heavy atom. The first-order chi connectivity index (χ1) is 20.1. The molecule has 0 saturated heterocycles. The number of hydrogen-bond acceptors (Lipinski definition) is 7. The molecule has 0 atom stereocenters. The van der Waals surface area contributed by atoms with Gasteiger partial charge in [-0.15, -0.1) is 34.0 Å². The average Bonchev–Trinajstić information content (AvgIpc) is 3.67. The molecule has 0 aliphatic heterocycles. The molecule has 4 aromatic carbocycles. The molecule has 194 valence electrons. The van der Waals surface area contributed by atoms with Crippen LogP contribution in [-0.4, -0.2) is 0 Å². The molecular formula is C34H16O4S3. The van der Waals surface area contributed by atoms with Gasteiger partial charge in [-0.25, -0.2) is 9.59 Å². The summed E-state index contributed by atoms with van der Waals surface area (Å²) < 4.78 is 16.0. The fourth-order valence-electron chi connectivity index (χ4n) is 5.69. The van der Waals surface area contributed by atoms with E-state index in [0.717, 1.165) is 60.9 Å². The van der Waals surface area contributed by atoms with Crippen LogP contribution in [0.15, 0.2) is 115 Å². The molecule has 0 amide bonds. The van der Waals surface area contributed by atoms with Crippen molar-refractivity contribution in [1.82, 2.24) is 0 Å². The van der Waals surface area contributed by atoms with Gasteiger partial charge in [0, 0.05) is 29.9 Å². The highest BCUT2D eigenvalue weighted by Crippen LogP contribution is 2.48. The molecule has 0 spiro atoms. The maximum Gasteiger partial charge on any atom is 0.345 e. The van der Waals surface area contributed by atoms with Gasteiger partial charge in [0.1, 0.15) is 11.2 Å². The Labute approximate surface area is 242 Å². The molecule has 0 fully saturated rings. The fraction of sp³-hybridized carbons (Fsp3) is 0. The Bertz CT molecular complexity index is 2460. The monoisotopic (exact) mass is 584 g/mol. The average molecular weight is 585 g/mol. The van der Waals surface area contributed by atoms with Crippen molar-refractivity contribution in [3.05, 3.63) is 118 Å². The predicted octanol–water partition coefficient (Wildman–Crippen LogP) is 10.0. The number of fused-ring (bicyclic) bond motifs is 9. The van der Waals surface area contributed by atoms with Crippen LogP contribution in [0.2, 0.25) is 0 Å². The van der Waals surface area contributed by atoms with Gasteiger partial charge in [-0.2, -0.15) is 0 Å². The number of benzene rings is 4. The Morgan fingerprint density at radius 1 is 0.463 bits per heavy atom. The first-order valence-electron chi connectivity index (χ1n) is 13.0. The van der Waals surface area contributed by atoms with Crippen LogP contribution in [-0.2, 0) is 0 Å². The number of hydrogen-bond donors (Lipinski definition) is 0. The Kier molecular flexibility index (Phi) is 4.79. The summed E-state index contributed by atoms with van der Waals surface area (Å²) in [6, 6.07) is 32.0. The van der Waals surface area contributed by atoms with Crippen LogP contribution < -0.4 is 11.3 Å². The third kappa shape index (κ3) is 3.43. The van der Waals surface area contributed by atoms with E-state index >= 15 is 0 Å². The van der Waals surface area contributed by atoms with E-state index in [1.807, 2.05) is 60.7 Å². The van der Waals surface area contributed by atoms with Gasteiger partial charge in [-0.05, 0) is 57.9 Å². The zero-order valence-electron chi connectivity index (χ0n) is 21.1. The van der Waals surface area contributed by atoms with E-state index in [-0.39, 0.29) is 11.3 Å². The van der Waals surface area contributed by atoms with E-state index in [2.05, 4.69) is 36.4 Å².